The van der Waals surface area contributed by atoms with Crippen LogP contribution in [-0.2, 0) is 56.0 Å². The molecule has 8 atom stereocenters. The van der Waals surface area contributed by atoms with Crippen molar-refractivity contribution in [3.8, 4) is 0 Å². The molecule has 9 amide bonds. The smallest absolute Gasteiger partial charge is 0.245 e. The number of aliphatic imine (C=N–C) groups is 1. The summed E-state index contributed by atoms with van der Waals surface area (Å²) >= 11 is 1.48. The molecule has 23 nitrogen and oxygen atoms in total. The number of nitrogens with zero attached hydrogens (tertiary/aromatic N) is 3. The second-order valence-corrected chi connectivity index (χ2v) is 21.0. The fourth-order valence-electron chi connectivity index (χ4n) is 9.37. The fraction of sp³-hybridized carbons (Fsp3) is 0.585. The zero-order valence-corrected chi connectivity index (χ0v) is 45.5. The molecule has 2 aromatic carbocycles. The molecular weight excluding hydrogens is 1010 g/mol. The first-order chi connectivity index (χ1) is 36.8. The van der Waals surface area contributed by atoms with Gasteiger partial charge in [0, 0.05) is 32.5 Å². The first kappa shape index (κ1) is 62.7. The van der Waals surface area contributed by atoms with Gasteiger partial charge in [-0.15, -0.1) is 0 Å². The Morgan fingerprint density at radius 2 is 1.17 bits per heavy atom. The molecule has 24 heteroatoms. The van der Waals surface area contributed by atoms with Crippen LogP contribution in [0.5, 0.6) is 0 Å². The lowest BCUT2D eigenvalue weighted by molar-refractivity contribution is -0.144. The molecule has 2 heterocycles. The summed E-state index contributed by atoms with van der Waals surface area (Å²) < 4.78 is 0. The number of thioether (sulfide) groups is 1. The van der Waals surface area contributed by atoms with Crippen LogP contribution in [0.25, 0.3) is 0 Å². The normalized spacial score (nSPS) is 17.4. The lowest BCUT2D eigenvalue weighted by Gasteiger charge is -2.32. The van der Waals surface area contributed by atoms with Crippen LogP contribution in [0.15, 0.2) is 65.7 Å². The van der Waals surface area contributed by atoms with Gasteiger partial charge in [-0.1, -0.05) is 74.5 Å². The molecule has 0 saturated carbocycles. The summed E-state index contributed by atoms with van der Waals surface area (Å²) in [6.07, 6.45) is 6.03. The van der Waals surface area contributed by atoms with E-state index in [-0.39, 0.29) is 50.5 Å². The molecule has 2 saturated heterocycles. The number of nitrogens with one attached hydrogen (secondary N) is 6. The predicted molar refractivity (Wildman–Crippen MR) is 295 cm³/mol. The maximum Gasteiger partial charge on any atom is 0.245 e. The molecule has 16 N–H and O–H groups in total. The Kier molecular flexibility index (Phi) is 26.7. The minimum absolute atomic E-state index is 0.00256. The third-order valence-corrected chi connectivity index (χ3v) is 14.1. The maximum atomic E-state index is 14.6. The summed E-state index contributed by atoms with van der Waals surface area (Å²) in [5, 5.41) is 16.5. The van der Waals surface area contributed by atoms with Crippen molar-refractivity contribution in [2.75, 3.05) is 44.7 Å². The van der Waals surface area contributed by atoms with E-state index in [9.17, 15) is 43.2 Å². The standard InChI is InChI=1S/C53H82N14O9S/c1-33(2)29-39(47(71)62-37(45(56)69)23-28-77-3)61-44(68)32-60-46(70)40(30-34-15-6-4-7-16-34)64-48(72)41(31-35-17-8-5-9-18-35)65-50(74)43-22-14-27-67(43)52(76)38(20-10-11-24-54)63-49(73)42-21-13-26-66(42)51(75)36(55)19-12-25-59-53(57)58/h4-9,15-18,33,36-43H,10-14,19-32,54-55H2,1-3H3,(H2,56,69)(H,60,70)(H,61,68)(H,62,71)(H,63,73)(H,64,72)(H,65,74)(H4,57,58,59)/t36-,37-,38-,39-,40-,41-,42-,43-/m0/s1. The Morgan fingerprint density at radius 1 is 0.636 bits per heavy atom. The van der Waals surface area contributed by atoms with E-state index in [4.69, 9.17) is 28.7 Å². The highest BCUT2D eigenvalue weighted by Crippen LogP contribution is 2.23. The van der Waals surface area contributed by atoms with E-state index < -0.39 is 108 Å². The topological polar surface area (TPSA) is 375 Å². The summed E-state index contributed by atoms with van der Waals surface area (Å²) in [5.74, 6) is -5.00. The van der Waals surface area contributed by atoms with E-state index in [1.165, 1.54) is 21.6 Å². The van der Waals surface area contributed by atoms with Crippen molar-refractivity contribution in [3.05, 3.63) is 71.8 Å². The SMILES string of the molecule is CSCC[C@H](NC(=O)[C@H](CC(C)C)NC(=O)CNC(=O)[C@H](Cc1ccccc1)NC(=O)[C@H](Cc1ccccc1)NC(=O)[C@@H]1CCCN1C(=O)[C@H](CCCCN)NC(=O)[C@@H]1CCCN1C(=O)[C@@H](N)CCCN=C(N)N)C(N)=O. The molecule has 0 spiro atoms. The van der Waals surface area contributed by atoms with Crippen molar-refractivity contribution in [1.29, 1.82) is 0 Å². The van der Waals surface area contributed by atoms with Gasteiger partial charge in [-0.3, -0.25) is 48.1 Å². The predicted octanol–water partition coefficient (Wildman–Crippen LogP) is -1.21. The molecule has 0 unspecified atom stereocenters. The van der Waals surface area contributed by atoms with E-state index in [2.05, 4.69) is 36.9 Å². The van der Waals surface area contributed by atoms with Crippen molar-refractivity contribution in [3.63, 3.8) is 0 Å². The number of carbonyl (C=O) groups excluding carboxylic acids is 9. The molecule has 0 aromatic heterocycles. The average molecular weight is 1090 g/mol. The van der Waals surface area contributed by atoms with E-state index in [0.717, 1.165) is 0 Å². The molecule has 2 aliphatic heterocycles. The summed E-state index contributed by atoms with van der Waals surface area (Å²) in [5.41, 5.74) is 29.8. The Morgan fingerprint density at radius 3 is 1.70 bits per heavy atom. The molecule has 2 aromatic rings. The molecule has 0 bridgehead atoms. The zero-order valence-electron chi connectivity index (χ0n) is 44.7. The fourth-order valence-corrected chi connectivity index (χ4v) is 9.84. The first-order valence-corrected chi connectivity index (χ1v) is 28.0. The first-order valence-electron chi connectivity index (χ1n) is 26.6. The van der Waals surface area contributed by atoms with Gasteiger partial charge >= 0.3 is 0 Å². The van der Waals surface area contributed by atoms with Gasteiger partial charge in [0.15, 0.2) is 5.96 Å². The largest absolute Gasteiger partial charge is 0.370 e. The Balaban J connectivity index is 1.51. The van der Waals surface area contributed by atoms with Gasteiger partial charge < -0.3 is 70.4 Å². The average Bonchev–Trinajstić information content (AvgIpc) is 4.11. The number of carbonyl (C=O) groups is 9. The van der Waals surface area contributed by atoms with Crippen LogP contribution >= 0.6 is 11.8 Å². The number of benzene rings is 2. The minimum atomic E-state index is -1.25. The van der Waals surface area contributed by atoms with Crippen molar-refractivity contribution in [1.82, 2.24) is 41.7 Å². The summed E-state index contributed by atoms with van der Waals surface area (Å²) in [7, 11) is 0. The summed E-state index contributed by atoms with van der Waals surface area (Å²) in [4.78, 5) is 131. The van der Waals surface area contributed by atoms with Gasteiger partial charge in [-0.05, 0) is 106 Å². The Bertz CT molecular complexity index is 2310. The van der Waals surface area contributed by atoms with Gasteiger partial charge in [0.25, 0.3) is 0 Å². The number of likely N-dealkylation sites (tertiary alicyclic amines) is 2. The zero-order chi connectivity index (χ0) is 56.4. The number of rotatable bonds is 32. The number of hydrogen-bond acceptors (Lipinski definition) is 13. The third kappa shape index (κ3) is 20.9. The highest BCUT2D eigenvalue weighted by molar-refractivity contribution is 7.98. The molecule has 77 heavy (non-hydrogen) atoms. The van der Waals surface area contributed by atoms with Crippen molar-refractivity contribution >= 4 is 70.9 Å². The van der Waals surface area contributed by atoms with Gasteiger partial charge in [-0.2, -0.15) is 11.8 Å². The second kappa shape index (κ2) is 32.7. The highest BCUT2D eigenvalue weighted by Gasteiger charge is 2.42. The van der Waals surface area contributed by atoms with E-state index in [1.807, 2.05) is 20.1 Å². The number of nitrogens with two attached hydrogens (primary N) is 5. The number of amides is 9. The monoisotopic (exact) mass is 1090 g/mol. The number of primary amides is 1. The van der Waals surface area contributed by atoms with Crippen molar-refractivity contribution in [2.45, 2.75) is 146 Å². The van der Waals surface area contributed by atoms with Crippen LogP contribution in [-0.4, -0.2) is 162 Å². The molecular formula is C53H82N14O9S. The number of guanidine groups is 1. The minimum Gasteiger partial charge on any atom is -0.370 e. The lowest BCUT2D eigenvalue weighted by Crippen LogP contribution is -2.59. The third-order valence-electron chi connectivity index (χ3n) is 13.4. The van der Waals surface area contributed by atoms with Gasteiger partial charge in [0.2, 0.25) is 53.2 Å². The summed E-state index contributed by atoms with van der Waals surface area (Å²) in [6, 6.07) is 9.48. The number of hydrogen-bond donors (Lipinski definition) is 11. The molecule has 0 aliphatic carbocycles. The lowest BCUT2D eigenvalue weighted by atomic mass is 10.0. The van der Waals surface area contributed by atoms with Gasteiger partial charge in [-0.25, -0.2) is 0 Å². The highest BCUT2D eigenvalue weighted by atomic mass is 32.2. The Hall–Kier alpha value is -6.79. The Labute approximate surface area is 455 Å². The van der Waals surface area contributed by atoms with Crippen LogP contribution < -0.4 is 60.6 Å². The van der Waals surface area contributed by atoms with E-state index in [0.29, 0.717) is 87.9 Å². The summed E-state index contributed by atoms with van der Waals surface area (Å²) in [6.45, 7) is 4.31. The van der Waals surface area contributed by atoms with Crippen molar-refractivity contribution in [2.24, 2.45) is 39.6 Å². The van der Waals surface area contributed by atoms with Crippen LogP contribution in [0.3, 0.4) is 0 Å². The quantitative estimate of drug-likeness (QED) is 0.0233. The van der Waals surface area contributed by atoms with Crippen molar-refractivity contribution < 1.29 is 43.2 Å². The molecule has 2 aliphatic rings. The van der Waals surface area contributed by atoms with Crippen LogP contribution in [0.1, 0.15) is 95.6 Å². The molecule has 2 fully saturated rings. The van der Waals surface area contributed by atoms with Gasteiger partial charge in [0.05, 0.1) is 12.6 Å². The van der Waals surface area contributed by atoms with E-state index in [1.54, 1.807) is 60.7 Å². The van der Waals surface area contributed by atoms with Gasteiger partial charge in [0.1, 0.15) is 42.3 Å². The molecule has 0 radical (unpaired) electrons. The maximum absolute atomic E-state index is 14.6. The second-order valence-electron chi connectivity index (χ2n) is 20.0. The van der Waals surface area contributed by atoms with Crippen LogP contribution in [0, 0.1) is 5.92 Å². The molecule has 4 rings (SSSR count). The molecule has 424 valence electrons. The van der Waals surface area contributed by atoms with E-state index >= 15 is 0 Å². The number of unbranched alkanes of at least 4 members (excludes halogenated alkanes) is 1. The van der Waals surface area contributed by atoms with Crippen LogP contribution in [0.2, 0.25) is 0 Å². The van der Waals surface area contributed by atoms with Crippen LogP contribution in [0.4, 0.5) is 0 Å².